The zero-order valence-electron chi connectivity index (χ0n) is 17.5. The van der Waals surface area contributed by atoms with Crippen molar-refractivity contribution in [2.24, 2.45) is 0 Å². The summed E-state index contributed by atoms with van der Waals surface area (Å²) in [6, 6.07) is 15.3. The third kappa shape index (κ3) is 5.07. The van der Waals surface area contributed by atoms with E-state index in [0.29, 0.717) is 5.56 Å². The molecular formula is C24H28N4O2. The van der Waals surface area contributed by atoms with Crippen LogP contribution in [0.15, 0.2) is 60.9 Å². The van der Waals surface area contributed by atoms with Gasteiger partial charge in [-0.25, -0.2) is 4.98 Å². The Hall–Kier alpha value is -3.12. The number of nitrogens with zero attached hydrogens (tertiary/aromatic N) is 3. The molecule has 1 N–H and O–H groups in total. The molecule has 3 aromatic rings. The molecule has 1 aliphatic heterocycles. The van der Waals surface area contributed by atoms with Crippen molar-refractivity contribution in [3.05, 3.63) is 77.9 Å². The number of ether oxygens (including phenoxy) is 1. The van der Waals surface area contributed by atoms with Crippen molar-refractivity contribution in [2.75, 3.05) is 25.5 Å². The quantitative estimate of drug-likeness (QED) is 0.676. The van der Waals surface area contributed by atoms with Gasteiger partial charge in [0, 0.05) is 43.3 Å². The van der Waals surface area contributed by atoms with Gasteiger partial charge in [0.25, 0.3) is 5.91 Å². The Balaban J connectivity index is 1.31. The van der Waals surface area contributed by atoms with Crippen LogP contribution in [0.4, 0.5) is 5.69 Å². The highest BCUT2D eigenvalue weighted by Gasteiger charge is 2.18. The van der Waals surface area contributed by atoms with Crippen LogP contribution in [0, 0.1) is 6.92 Å². The highest BCUT2D eigenvalue weighted by atomic mass is 16.5. The molecule has 156 valence electrons. The van der Waals surface area contributed by atoms with E-state index in [9.17, 15) is 4.79 Å². The average Bonchev–Trinajstić information content (AvgIpc) is 3.16. The van der Waals surface area contributed by atoms with Crippen molar-refractivity contribution in [3.63, 3.8) is 0 Å². The summed E-state index contributed by atoms with van der Waals surface area (Å²) in [5.74, 6) is 1.70. The first-order valence-corrected chi connectivity index (χ1v) is 10.4. The van der Waals surface area contributed by atoms with Gasteiger partial charge in [-0.05, 0) is 68.8 Å². The smallest absolute Gasteiger partial charge is 0.255 e. The first kappa shape index (κ1) is 20.2. The monoisotopic (exact) mass is 404 g/mol. The summed E-state index contributed by atoms with van der Waals surface area (Å²) < 4.78 is 8.14. The Morgan fingerprint density at radius 1 is 1.10 bits per heavy atom. The topological polar surface area (TPSA) is 59.4 Å². The largest absolute Gasteiger partial charge is 0.490 e. The summed E-state index contributed by atoms with van der Waals surface area (Å²) in [4.78, 5) is 19.1. The first-order chi connectivity index (χ1) is 14.6. The Labute approximate surface area is 177 Å². The normalized spacial score (nSPS) is 15.1. The number of aryl methyl sites for hydroxylation is 1. The Kier molecular flexibility index (Phi) is 6.14. The third-order valence-corrected chi connectivity index (χ3v) is 5.57. The lowest BCUT2D eigenvalue weighted by atomic mass is 10.1. The molecule has 1 fully saturated rings. The lowest BCUT2D eigenvalue weighted by Crippen LogP contribution is -2.35. The van der Waals surface area contributed by atoms with Crippen LogP contribution in [0.25, 0.3) is 0 Å². The Morgan fingerprint density at radius 3 is 2.43 bits per heavy atom. The standard InChI is InChI=1S/C24H28N4O2/c1-18-25-13-16-28(18)17-19-3-5-20(6-4-19)24(29)26-21-7-9-22(10-8-21)30-23-11-14-27(2)15-12-23/h3-10,13,16,23H,11-12,14-15,17H2,1-2H3,(H,26,29). The number of piperidine rings is 1. The van der Waals surface area contributed by atoms with E-state index in [0.717, 1.165) is 55.3 Å². The van der Waals surface area contributed by atoms with Gasteiger partial charge in [0.2, 0.25) is 0 Å². The van der Waals surface area contributed by atoms with Crippen LogP contribution >= 0.6 is 0 Å². The highest BCUT2D eigenvalue weighted by Crippen LogP contribution is 2.21. The Bertz CT molecular complexity index is 971. The van der Waals surface area contributed by atoms with Gasteiger partial charge < -0.3 is 19.5 Å². The van der Waals surface area contributed by atoms with Gasteiger partial charge in [-0.15, -0.1) is 0 Å². The van der Waals surface area contributed by atoms with Crippen LogP contribution in [0.3, 0.4) is 0 Å². The fraction of sp³-hybridized carbons (Fsp3) is 0.333. The van der Waals surface area contributed by atoms with E-state index in [2.05, 4.69) is 26.8 Å². The maximum atomic E-state index is 12.6. The number of hydrogen-bond donors (Lipinski definition) is 1. The molecule has 2 heterocycles. The van der Waals surface area contributed by atoms with Gasteiger partial charge in [-0.2, -0.15) is 0 Å². The first-order valence-electron chi connectivity index (χ1n) is 10.4. The van der Waals surface area contributed by atoms with Crippen LogP contribution in [-0.4, -0.2) is 46.6 Å². The summed E-state index contributed by atoms with van der Waals surface area (Å²) in [6.45, 7) is 4.86. The predicted molar refractivity (Wildman–Crippen MR) is 118 cm³/mol. The fourth-order valence-electron chi connectivity index (χ4n) is 3.64. The lowest BCUT2D eigenvalue weighted by Gasteiger charge is -2.29. The summed E-state index contributed by atoms with van der Waals surface area (Å²) in [6.07, 6.45) is 6.11. The number of rotatable bonds is 6. The van der Waals surface area contributed by atoms with E-state index in [1.54, 1.807) is 6.20 Å². The summed E-state index contributed by atoms with van der Waals surface area (Å²) in [5, 5.41) is 2.95. The van der Waals surface area contributed by atoms with Crippen LogP contribution < -0.4 is 10.1 Å². The van der Waals surface area contributed by atoms with E-state index in [4.69, 9.17) is 4.74 Å². The molecule has 0 unspecified atom stereocenters. The molecule has 0 radical (unpaired) electrons. The van der Waals surface area contributed by atoms with Gasteiger partial charge in [-0.3, -0.25) is 4.79 Å². The van der Waals surface area contributed by atoms with Crippen LogP contribution in [0.2, 0.25) is 0 Å². The second-order valence-electron chi connectivity index (χ2n) is 7.90. The molecule has 6 heteroatoms. The van der Waals surface area contributed by atoms with Gasteiger partial charge in [0.05, 0.1) is 0 Å². The van der Waals surface area contributed by atoms with Gasteiger partial charge in [-0.1, -0.05) is 12.1 Å². The number of imidazole rings is 1. The molecule has 1 saturated heterocycles. The number of nitrogens with one attached hydrogen (secondary N) is 1. The maximum absolute atomic E-state index is 12.6. The van der Waals surface area contributed by atoms with Crippen LogP contribution in [0.1, 0.15) is 34.6 Å². The zero-order chi connectivity index (χ0) is 20.9. The van der Waals surface area contributed by atoms with Gasteiger partial charge in [0.15, 0.2) is 0 Å². The molecule has 2 aromatic carbocycles. The minimum Gasteiger partial charge on any atom is -0.490 e. The van der Waals surface area contributed by atoms with Crippen molar-refractivity contribution in [1.82, 2.24) is 14.5 Å². The third-order valence-electron chi connectivity index (χ3n) is 5.57. The van der Waals surface area contributed by atoms with E-state index in [-0.39, 0.29) is 12.0 Å². The molecule has 0 aliphatic carbocycles. The van der Waals surface area contributed by atoms with E-state index in [1.165, 1.54) is 0 Å². The fourth-order valence-corrected chi connectivity index (χ4v) is 3.64. The number of benzene rings is 2. The molecule has 30 heavy (non-hydrogen) atoms. The van der Waals surface area contributed by atoms with Crippen molar-refractivity contribution < 1.29 is 9.53 Å². The molecule has 1 amide bonds. The second kappa shape index (κ2) is 9.13. The van der Waals surface area contributed by atoms with Crippen molar-refractivity contribution in [1.29, 1.82) is 0 Å². The minimum atomic E-state index is -0.121. The lowest BCUT2D eigenvalue weighted by molar-refractivity contribution is 0.102. The van der Waals surface area contributed by atoms with Crippen LogP contribution in [-0.2, 0) is 6.54 Å². The molecule has 6 nitrogen and oxygen atoms in total. The number of anilines is 1. The number of carbonyl (C=O) groups is 1. The zero-order valence-corrected chi connectivity index (χ0v) is 17.5. The molecule has 4 rings (SSSR count). The van der Waals surface area contributed by atoms with E-state index < -0.39 is 0 Å². The number of carbonyl (C=O) groups excluding carboxylic acids is 1. The molecular weight excluding hydrogens is 376 g/mol. The summed E-state index contributed by atoms with van der Waals surface area (Å²) >= 11 is 0. The van der Waals surface area contributed by atoms with Gasteiger partial charge >= 0.3 is 0 Å². The van der Waals surface area contributed by atoms with Gasteiger partial charge in [0.1, 0.15) is 17.7 Å². The minimum absolute atomic E-state index is 0.121. The van der Waals surface area contributed by atoms with Crippen molar-refractivity contribution >= 4 is 11.6 Å². The molecule has 0 atom stereocenters. The number of likely N-dealkylation sites (tertiary alicyclic amines) is 1. The summed E-state index contributed by atoms with van der Waals surface area (Å²) in [5.41, 5.74) is 2.52. The highest BCUT2D eigenvalue weighted by molar-refractivity contribution is 6.04. The molecule has 0 bridgehead atoms. The van der Waals surface area contributed by atoms with Crippen LogP contribution in [0.5, 0.6) is 5.75 Å². The number of amides is 1. The Morgan fingerprint density at radius 2 is 1.80 bits per heavy atom. The predicted octanol–water partition coefficient (Wildman–Crippen LogP) is 3.97. The van der Waals surface area contributed by atoms with E-state index >= 15 is 0 Å². The molecule has 1 aliphatic rings. The molecule has 0 spiro atoms. The van der Waals surface area contributed by atoms with E-state index in [1.807, 2.05) is 61.7 Å². The SMILES string of the molecule is Cc1nccn1Cc1ccc(C(=O)Nc2ccc(OC3CCN(C)CC3)cc2)cc1. The summed E-state index contributed by atoms with van der Waals surface area (Å²) in [7, 11) is 2.14. The second-order valence-corrected chi connectivity index (χ2v) is 7.90. The number of aromatic nitrogens is 2. The number of hydrogen-bond acceptors (Lipinski definition) is 4. The molecule has 0 saturated carbocycles. The average molecular weight is 405 g/mol. The van der Waals surface area contributed by atoms with Crippen molar-refractivity contribution in [3.8, 4) is 5.75 Å². The maximum Gasteiger partial charge on any atom is 0.255 e. The molecule has 1 aromatic heterocycles. The van der Waals surface area contributed by atoms with Crippen molar-refractivity contribution in [2.45, 2.75) is 32.4 Å².